The summed E-state index contributed by atoms with van der Waals surface area (Å²) in [4.78, 5) is 8.16. The van der Waals surface area contributed by atoms with Crippen molar-refractivity contribution in [2.75, 3.05) is 0 Å². The summed E-state index contributed by atoms with van der Waals surface area (Å²) in [6.07, 6.45) is 2.34. The predicted octanol–water partition coefficient (Wildman–Crippen LogP) is 3.48. The Bertz CT molecular complexity index is 456. The van der Waals surface area contributed by atoms with Gasteiger partial charge in [0, 0.05) is 17.1 Å². The molecule has 2 aromatic rings. The second-order valence-electron chi connectivity index (χ2n) is 3.14. The molecular weight excluding hydrogens is 275 g/mol. The number of hydrogen-bond acceptors (Lipinski definition) is 2. The molecule has 0 unspecified atom stereocenters. The summed E-state index contributed by atoms with van der Waals surface area (Å²) in [7, 11) is 0. The van der Waals surface area contributed by atoms with Gasteiger partial charge >= 0.3 is 0 Å². The summed E-state index contributed by atoms with van der Waals surface area (Å²) in [5, 5.41) is 0.752. The van der Waals surface area contributed by atoms with Gasteiger partial charge in [0.2, 0.25) is 0 Å². The second-order valence-corrected chi connectivity index (χ2v) is 4.38. The van der Waals surface area contributed by atoms with E-state index in [1.165, 1.54) is 5.56 Å². The molecule has 0 saturated heterocycles. The maximum atomic E-state index is 5.81. The van der Waals surface area contributed by atoms with Gasteiger partial charge in [0.1, 0.15) is 10.9 Å². The Hall–Kier alpha value is -0.930. The first-order valence-electron chi connectivity index (χ1n) is 4.45. The molecule has 2 rings (SSSR count). The van der Waals surface area contributed by atoms with Gasteiger partial charge in [-0.3, -0.25) is 0 Å². The maximum absolute atomic E-state index is 5.81. The smallest absolute Gasteiger partial charge is 0.116 e. The summed E-state index contributed by atoms with van der Waals surface area (Å²) < 4.78 is 0.807. The SMILES string of the molecule is Clc1ccc(Cc2cc(Br)ncn2)cc1. The van der Waals surface area contributed by atoms with Gasteiger partial charge in [0.25, 0.3) is 0 Å². The molecule has 0 N–H and O–H groups in total. The molecule has 0 spiro atoms. The highest BCUT2D eigenvalue weighted by atomic mass is 79.9. The van der Waals surface area contributed by atoms with Gasteiger partial charge in [-0.1, -0.05) is 23.7 Å². The van der Waals surface area contributed by atoms with Crippen molar-refractivity contribution in [3.05, 3.63) is 57.5 Å². The first-order valence-corrected chi connectivity index (χ1v) is 5.62. The van der Waals surface area contributed by atoms with Crippen molar-refractivity contribution in [1.82, 2.24) is 9.97 Å². The van der Waals surface area contributed by atoms with E-state index in [2.05, 4.69) is 25.9 Å². The molecule has 15 heavy (non-hydrogen) atoms. The zero-order valence-corrected chi connectivity index (χ0v) is 10.2. The van der Waals surface area contributed by atoms with E-state index in [1.54, 1.807) is 6.33 Å². The third-order valence-electron chi connectivity index (χ3n) is 1.99. The molecule has 1 aromatic carbocycles. The zero-order chi connectivity index (χ0) is 10.7. The summed E-state index contributed by atoms with van der Waals surface area (Å²) in [5.74, 6) is 0. The molecule has 0 aliphatic carbocycles. The van der Waals surface area contributed by atoms with Gasteiger partial charge in [0.05, 0.1) is 0 Å². The van der Waals surface area contributed by atoms with Gasteiger partial charge in [-0.25, -0.2) is 9.97 Å². The summed E-state index contributed by atoms with van der Waals surface area (Å²) in [6.45, 7) is 0. The molecule has 0 atom stereocenters. The molecule has 0 fully saturated rings. The Labute approximate surface area is 101 Å². The lowest BCUT2D eigenvalue weighted by Gasteiger charge is -2.01. The van der Waals surface area contributed by atoms with Crippen LogP contribution in [0.15, 0.2) is 41.3 Å². The minimum absolute atomic E-state index is 0.752. The molecule has 4 heteroatoms. The molecule has 0 aliphatic rings. The molecule has 76 valence electrons. The van der Waals surface area contributed by atoms with Gasteiger partial charge < -0.3 is 0 Å². The Morgan fingerprint density at radius 2 is 1.87 bits per heavy atom. The third kappa shape index (κ3) is 3.01. The van der Waals surface area contributed by atoms with E-state index in [0.717, 1.165) is 21.7 Å². The molecule has 1 heterocycles. The van der Waals surface area contributed by atoms with E-state index < -0.39 is 0 Å². The minimum atomic E-state index is 0.752. The lowest BCUT2D eigenvalue weighted by Crippen LogP contribution is -1.92. The second kappa shape index (κ2) is 4.73. The van der Waals surface area contributed by atoms with Crippen LogP contribution >= 0.6 is 27.5 Å². The number of aromatic nitrogens is 2. The average molecular weight is 284 g/mol. The van der Waals surface area contributed by atoms with Gasteiger partial charge in [-0.2, -0.15) is 0 Å². The van der Waals surface area contributed by atoms with E-state index in [1.807, 2.05) is 30.3 Å². The third-order valence-corrected chi connectivity index (χ3v) is 2.67. The Morgan fingerprint density at radius 1 is 1.13 bits per heavy atom. The van der Waals surface area contributed by atoms with E-state index in [9.17, 15) is 0 Å². The van der Waals surface area contributed by atoms with Gasteiger partial charge in [0.15, 0.2) is 0 Å². The van der Waals surface area contributed by atoms with Crippen LogP contribution in [0, 0.1) is 0 Å². The Balaban J connectivity index is 2.18. The normalized spacial score (nSPS) is 10.3. The Morgan fingerprint density at radius 3 is 2.53 bits per heavy atom. The van der Waals surface area contributed by atoms with Crippen LogP contribution in [0.4, 0.5) is 0 Å². The van der Waals surface area contributed by atoms with Crippen molar-refractivity contribution in [3.8, 4) is 0 Å². The molecule has 0 radical (unpaired) electrons. The zero-order valence-electron chi connectivity index (χ0n) is 7.82. The standard InChI is InChI=1S/C11H8BrClN2/c12-11-6-10(14-7-15-11)5-8-1-3-9(13)4-2-8/h1-4,6-7H,5H2. The van der Waals surface area contributed by atoms with Crippen LogP contribution in [0.25, 0.3) is 0 Å². The quantitative estimate of drug-likeness (QED) is 0.789. The molecule has 0 bridgehead atoms. The van der Waals surface area contributed by atoms with Crippen LogP contribution in [0.1, 0.15) is 11.3 Å². The summed E-state index contributed by atoms with van der Waals surface area (Å²) in [5.41, 5.74) is 2.17. The van der Waals surface area contributed by atoms with Crippen LogP contribution in [-0.4, -0.2) is 9.97 Å². The minimum Gasteiger partial charge on any atom is -0.241 e. The molecule has 0 amide bonds. The molecule has 0 saturated carbocycles. The van der Waals surface area contributed by atoms with E-state index in [-0.39, 0.29) is 0 Å². The van der Waals surface area contributed by atoms with Crippen molar-refractivity contribution >= 4 is 27.5 Å². The fourth-order valence-electron chi connectivity index (χ4n) is 1.28. The molecule has 0 aliphatic heterocycles. The summed E-state index contributed by atoms with van der Waals surface area (Å²) in [6, 6.07) is 9.67. The lowest BCUT2D eigenvalue weighted by molar-refractivity contribution is 1.01. The first-order chi connectivity index (χ1) is 7.24. The molecule has 1 aromatic heterocycles. The van der Waals surface area contributed by atoms with Crippen molar-refractivity contribution < 1.29 is 0 Å². The van der Waals surface area contributed by atoms with E-state index in [4.69, 9.17) is 11.6 Å². The van der Waals surface area contributed by atoms with Crippen molar-refractivity contribution in [2.24, 2.45) is 0 Å². The van der Waals surface area contributed by atoms with Gasteiger partial charge in [-0.05, 0) is 39.7 Å². The number of nitrogens with zero attached hydrogens (tertiary/aromatic N) is 2. The topological polar surface area (TPSA) is 25.8 Å². The fraction of sp³-hybridized carbons (Fsp3) is 0.0909. The number of benzene rings is 1. The van der Waals surface area contributed by atoms with Crippen LogP contribution in [0.2, 0.25) is 5.02 Å². The number of rotatable bonds is 2. The molecule has 2 nitrogen and oxygen atoms in total. The van der Waals surface area contributed by atoms with Crippen molar-refractivity contribution in [2.45, 2.75) is 6.42 Å². The Kier molecular flexibility index (Phi) is 3.34. The first kappa shape index (κ1) is 10.6. The highest BCUT2D eigenvalue weighted by Crippen LogP contribution is 2.13. The highest BCUT2D eigenvalue weighted by molar-refractivity contribution is 9.10. The average Bonchev–Trinajstić information content (AvgIpc) is 2.22. The largest absolute Gasteiger partial charge is 0.241 e. The summed E-state index contributed by atoms with van der Waals surface area (Å²) >= 11 is 9.12. The maximum Gasteiger partial charge on any atom is 0.116 e. The van der Waals surface area contributed by atoms with Crippen LogP contribution in [0.3, 0.4) is 0 Å². The van der Waals surface area contributed by atoms with E-state index in [0.29, 0.717) is 0 Å². The fourth-order valence-corrected chi connectivity index (χ4v) is 1.76. The van der Waals surface area contributed by atoms with E-state index >= 15 is 0 Å². The van der Waals surface area contributed by atoms with Crippen molar-refractivity contribution in [1.29, 1.82) is 0 Å². The predicted molar refractivity (Wildman–Crippen MR) is 64.0 cm³/mol. The van der Waals surface area contributed by atoms with Crippen LogP contribution < -0.4 is 0 Å². The van der Waals surface area contributed by atoms with Crippen molar-refractivity contribution in [3.63, 3.8) is 0 Å². The number of hydrogen-bond donors (Lipinski definition) is 0. The van der Waals surface area contributed by atoms with Gasteiger partial charge in [-0.15, -0.1) is 0 Å². The monoisotopic (exact) mass is 282 g/mol. The van der Waals surface area contributed by atoms with Crippen LogP contribution in [0.5, 0.6) is 0 Å². The number of halogens is 2. The molecular formula is C11H8BrClN2. The highest BCUT2D eigenvalue weighted by Gasteiger charge is 1.99. The lowest BCUT2D eigenvalue weighted by atomic mass is 10.1. The van der Waals surface area contributed by atoms with Crippen LogP contribution in [-0.2, 0) is 6.42 Å².